The van der Waals surface area contributed by atoms with Gasteiger partial charge in [0.1, 0.15) is 0 Å². The average Bonchev–Trinajstić information content (AvgIpc) is 3.12. The van der Waals surface area contributed by atoms with E-state index in [9.17, 15) is 33.1 Å². The molecule has 0 heterocycles. The van der Waals surface area contributed by atoms with Gasteiger partial charge in [0.25, 0.3) is 0 Å². The molecule has 0 saturated heterocycles. The molecule has 8 nitrogen and oxygen atoms in total. The number of carbonyl (C=O) groups excluding carboxylic acids is 1. The van der Waals surface area contributed by atoms with Gasteiger partial charge in [-0.25, -0.2) is 8.42 Å². The molecule has 4 rings (SSSR count). The normalized spacial score (nSPS) is 45.0. The van der Waals surface area contributed by atoms with Crippen molar-refractivity contribution < 1.29 is 84.5 Å². The zero-order valence-electron chi connectivity index (χ0n) is 22.4. The molecule has 0 aromatic rings. The molecule has 0 aromatic heterocycles. The van der Waals surface area contributed by atoms with E-state index in [2.05, 4.69) is 26.1 Å². The number of hydrogen-bond acceptors (Lipinski definition) is 7. The number of aliphatic hydroxyl groups excluding tert-OH is 3. The largest absolute Gasteiger partial charge is 1.00 e. The van der Waals surface area contributed by atoms with Crippen LogP contribution in [0.2, 0.25) is 0 Å². The summed E-state index contributed by atoms with van der Waals surface area (Å²) in [4.78, 5) is 12.2. The molecule has 0 spiro atoms. The van der Waals surface area contributed by atoms with Crippen molar-refractivity contribution in [1.82, 2.24) is 5.32 Å². The van der Waals surface area contributed by atoms with Gasteiger partial charge in [-0.1, -0.05) is 20.8 Å². The molecule has 10 heteroatoms. The third-order valence-electron chi connectivity index (χ3n) is 11.0. The Balaban J connectivity index is 0.00000361. The van der Waals surface area contributed by atoms with E-state index in [-0.39, 0.29) is 117 Å². The van der Waals surface area contributed by atoms with E-state index in [1.54, 1.807) is 0 Å². The molecule has 0 aliphatic heterocycles. The van der Waals surface area contributed by atoms with Gasteiger partial charge in [0.05, 0.1) is 34.2 Å². The molecule has 4 N–H and O–H groups in total. The predicted molar refractivity (Wildman–Crippen MR) is 130 cm³/mol. The van der Waals surface area contributed by atoms with Gasteiger partial charge >= 0.3 is 51.4 Å². The number of nitrogens with one attached hydrogen (secondary N) is 1. The van der Waals surface area contributed by atoms with Crippen molar-refractivity contribution in [1.29, 1.82) is 0 Å². The Kier molecular flexibility index (Phi) is 10.3. The summed E-state index contributed by atoms with van der Waals surface area (Å²) >= 11 is 0. The van der Waals surface area contributed by atoms with Gasteiger partial charge in [-0.05, 0) is 97.7 Å². The summed E-state index contributed by atoms with van der Waals surface area (Å²) in [7, 11) is -4.35. The standard InChI is InChI=1S/C26H45NO7S.K/c1-15(4-7-23(31)27-10-11-35(32,33)34)18-5-6-19-24-20(14-22(30)26(18,19)3)25(2)9-8-17(28)12-16(25)13-21(24)29;/h15-22,24,28-30H,4-14H2,1-3H3,(H,27,31)(H,32,33,34);/q;+1/p-1/t15-,16+,17-,18-,19+,20+,21-,22+,24+,25+,26-;/m1./s1. The van der Waals surface area contributed by atoms with Gasteiger partial charge in [-0.15, -0.1) is 0 Å². The monoisotopic (exact) mass is 553 g/mol. The maximum absolute atomic E-state index is 12.2. The minimum atomic E-state index is -4.35. The maximum Gasteiger partial charge on any atom is 1.00 e. The quantitative estimate of drug-likeness (QED) is 0.234. The van der Waals surface area contributed by atoms with Gasteiger partial charge in [0, 0.05) is 13.0 Å². The molecule has 0 unspecified atom stereocenters. The number of aliphatic hydroxyl groups is 3. The van der Waals surface area contributed by atoms with Crippen LogP contribution in [0.1, 0.15) is 78.6 Å². The van der Waals surface area contributed by atoms with Crippen molar-refractivity contribution in [2.24, 2.45) is 46.3 Å². The molecule has 4 saturated carbocycles. The topological polar surface area (TPSA) is 147 Å². The van der Waals surface area contributed by atoms with Crippen LogP contribution in [0.25, 0.3) is 0 Å². The fourth-order valence-electron chi connectivity index (χ4n) is 9.10. The molecule has 4 aliphatic carbocycles. The Labute approximate surface area is 258 Å². The summed E-state index contributed by atoms with van der Waals surface area (Å²) in [5, 5.41) is 35.7. The number of amides is 1. The number of hydrogen-bond donors (Lipinski definition) is 4. The Morgan fingerprint density at radius 1 is 1.08 bits per heavy atom. The number of fused-ring (bicyclic) bond motifs is 5. The first-order valence-electron chi connectivity index (χ1n) is 13.5. The second-order valence-corrected chi connectivity index (χ2v) is 14.2. The van der Waals surface area contributed by atoms with E-state index in [1.165, 1.54) is 0 Å². The molecule has 202 valence electrons. The minimum Gasteiger partial charge on any atom is -0.748 e. The molecular formula is C26H44KNO7S. The van der Waals surface area contributed by atoms with Crippen molar-refractivity contribution in [2.75, 3.05) is 12.3 Å². The van der Waals surface area contributed by atoms with Crippen LogP contribution in [0.15, 0.2) is 0 Å². The van der Waals surface area contributed by atoms with Crippen molar-refractivity contribution in [2.45, 2.75) is 96.9 Å². The van der Waals surface area contributed by atoms with E-state index >= 15 is 0 Å². The molecule has 4 aliphatic rings. The molecule has 0 radical (unpaired) electrons. The Morgan fingerprint density at radius 2 is 1.78 bits per heavy atom. The van der Waals surface area contributed by atoms with Crippen molar-refractivity contribution in [3.8, 4) is 0 Å². The van der Waals surface area contributed by atoms with E-state index < -0.39 is 28.1 Å². The van der Waals surface area contributed by atoms with E-state index in [4.69, 9.17) is 0 Å². The molecule has 1 amide bonds. The van der Waals surface area contributed by atoms with Crippen LogP contribution in [-0.2, 0) is 14.9 Å². The summed E-state index contributed by atoms with van der Waals surface area (Å²) in [5.74, 6) is 0.522. The number of carbonyl (C=O) groups is 1. The minimum absolute atomic E-state index is 0. The van der Waals surface area contributed by atoms with Gasteiger partial charge in [-0.2, -0.15) is 0 Å². The second-order valence-electron chi connectivity index (χ2n) is 12.7. The zero-order chi connectivity index (χ0) is 25.8. The first kappa shape index (κ1) is 31.4. The van der Waals surface area contributed by atoms with E-state index in [0.717, 1.165) is 38.5 Å². The predicted octanol–water partition coefficient (Wildman–Crippen LogP) is -0.970. The number of rotatable bonds is 7. The van der Waals surface area contributed by atoms with Crippen LogP contribution >= 0.6 is 0 Å². The first-order chi connectivity index (χ1) is 16.3. The average molecular weight is 554 g/mol. The molecular weight excluding hydrogens is 509 g/mol. The van der Waals surface area contributed by atoms with Gasteiger partial charge < -0.3 is 25.2 Å². The summed E-state index contributed by atoms with van der Waals surface area (Å²) < 4.78 is 32.2. The smallest absolute Gasteiger partial charge is 0.748 e. The van der Waals surface area contributed by atoms with Crippen LogP contribution in [-0.4, -0.2) is 64.8 Å². The summed E-state index contributed by atoms with van der Waals surface area (Å²) in [6.45, 7) is 6.48. The zero-order valence-corrected chi connectivity index (χ0v) is 26.3. The van der Waals surface area contributed by atoms with Crippen molar-refractivity contribution >= 4 is 16.0 Å². The van der Waals surface area contributed by atoms with E-state index in [0.29, 0.717) is 18.8 Å². The van der Waals surface area contributed by atoms with Crippen LogP contribution in [0.3, 0.4) is 0 Å². The third-order valence-corrected chi connectivity index (χ3v) is 11.7. The third kappa shape index (κ3) is 5.98. The first-order valence-corrected chi connectivity index (χ1v) is 15.1. The Morgan fingerprint density at radius 3 is 2.44 bits per heavy atom. The molecule has 0 bridgehead atoms. The maximum atomic E-state index is 12.2. The SMILES string of the molecule is C[C@H](CCC(=O)NCCS(=O)(=O)[O-])[C@H]1CC[C@H]2[C@@H]3[C@H](O)C[C@@H]4C[C@H](O)CC[C@]4(C)[C@H]3C[C@H](O)[C@]12C.[K+]. The summed E-state index contributed by atoms with van der Waals surface area (Å²) in [6, 6.07) is 0. The molecule has 0 aromatic carbocycles. The van der Waals surface area contributed by atoms with Gasteiger partial charge in [0.2, 0.25) is 5.91 Å². The van der Waals surface area contributed by atoms with Gasteiger partial charge in [0.15, 0.2) is 0 Å². The summed E-state index contributed by atoms with van der Waals surface area (Å²) in [6.07, 6.45) is 5.58. The van der Waals surface area contributed by atoms with Crippen LogP contribution in [0.5, 0.6) is 0 Å². The fraction of sp³-hybridized carbons (Fsp3) is 0.962. The van der Waals surface area contributed by atoms with Crippen LogP contribution in [0.4, 0.5) is 0 Å². The van der Waals surface area contributed by atoms with Crippen molar-refractivity contribution in [3.63, 3.8) is 0 Å². The van der Waals surface area contributed by atoms with Crippen LogP contribution < -0.4 is 56.7 Å². The molecule has 11 atom stereocenters. The second kappa shape index (κ2) is 11.8. The van der Waals surface area contributed by atoms with E-state index in [1.807, 2.05) is 0 Å². The summed E-state index contributed by atoms with van der Waals surface area (Å²) in [5.41, 5.74) is -0.267. The molecule has 4 fully saturated rings. The van der Waals surface area contributed by atoms with Crippen LogP contribution in [0, 0.1) is 46.3 Å². The Hall–Kier alpha value is 0.896. The molecule has 36 heavy (non-hydrogen) atoms. The van der Waals surface area contributed by atoms with Crippen molar-refractivity contribution in [3.05, 3.63) is 0 Å². The van der Waals surface area contributed by atoms with Gasteiger partial charge in [-0.3, -0.25) is 4.79 Å². The Bertz CT molecular complexity index is 903. The fourth-order valence-corrected chi connectivity index (χ4v) is 9.45.